The van der Waals surface area contributed by atoms with Crippen molar-refractivity contribution in [2.45, 2.75) is 51.5 Å². The molecule has 8 heteroatoms. The van der Waals surface area contributed by atoms with Gasteiger partial charge in [-0.15, -0.1) is 0 Å². The monoisotopic (exact) mass is 421 g/mol. The normalized spacial score (nSPS) is 29.4. The number of nitrogens with one attached hydrogen (secondary N) is 1. The summed E-state index contributed by atoms with van der Waals surface area (Å²) in [7, 11) is 0. The molecule has 0 unspecified atom stereocenters. The second kappa shape index (κ2) is 7.10. The molecule has 4 nitrogen and oxygen atoms in total. The van der Waals surface area contributed by atoms with E-state index in [1.165, 1.54) is 31.5 Å². The molecule has 0 spiro atoms. The molecule has 4 saturated carbocycles. The van der Waals surface area contributed by atoms with Crippen LogP contribution in [0.25, 0.3) is 0 Å². The molecule has 6 rings (SSSR count). The van der Waals surface area contributed by atoms with Gasteiger partial charge >= 0.3 is 0 Å². The van der Waals surface area contributed by atoms with Crippen LogP contribution in [0.4, 0.5) is 23.4 Å². The topological polar surface area (TPSA) is 46.9 Å². The van der Waals surface area contributed by atoms with E-state index in [2.05, 4.69) is 10.4 Å². The quantitative estimate of drug-likeness (QED) is 0.544. The first-order valence-corrected chi connectivity index (χ1v) is 10.5. The molecular formula is C22H23F4N3O. The number of rotatable bonds is 5. The minimum Gasteiger partial charge on any atom is -0.309 e. The third-order valence-electron chi connectivity index (χ3n) is 7.13. The number of benzene rings is 1. The molecular weight excluding hydrogens is 398 g/mol. The summed E-state index contributed by atoms with van der Waals surface area (Å²) >= 11 is 0. The summed E-state index contributed by atoms with van der Waals surface area (Å²) in [6, 6.07) is 1.68. The van der Waals surface area contributed by atoms with Crippen LogP contribution in [-0.4, -0.2) is 15.7 Å². The van der Waals surface area contributed by atoms with Crippen molar-refractivity contribution in [3.8, 4) is 0 Å². The van der Waals surface area contributed by atoms with Gasteiger partial charge in [0.05, 0.1) is 12.1 Å². The van der Waals surface area contributed by atoms with Crippen LogP contribution in [-0.2, 0) is 11.3 Å². The van der Waals surface area contributed by atoms with E-state index in [0.717, 1.165) is 41.7 Å². The van der Waals surface area contributed by atoms with Crippen LogP contribution in [0, 0.1) is 46.4 Å². The van der Waals surface area contributed by atoms with Crippen molar-refractivity contribution in [1.82, 2.24) is 9.78 Å². The molecule has 30 heavy (non-hydrogen) atoms. The largest absolute Gasteiger partial charge is 0.309 e. The van der Waals surface area contributed by atoms with E-state index in [4.69, 9.17) is 0 Å². The lowest BCUT2D eigenvalue weighted by molar-refractivity contribution is -0.124. The van der Waals surface area contributed by atoms with Gasteiger partial charge in [-0.05, 0) is 61.7 Å². The first kappa shape index (κ1) is 19.6. The molecule has 2 aromatic rings. The Morgan fingerprint density at radius 3 is 2.17 bits per heavy atom. The molecule has 0 aliphatic heterocycles. The highest BCUT2D eigenvalue weighted by Crippen LogP contribution is 2.61. The van der Waals surface area contributed by atoms with Crippen LogP contribution in [0.1, 0.15) is 50.5 Å². The van der Waals surface area contributed by atoms with Gasteiger partial charge in [0.25, 0.3) is 0 Å². The Balaban J connectivity index is 1.25. The van der Waals surface area contributed by atoms with Crippen molar-refractivity contribution in [2.75, 3.05) is 5.32 Å². The highest BCUT2D eigenvalue weighted by molar-refractivity contribution is 5.90. The van der Waals surface area contributed by atoms with Crippen LogP contribution in [0.5, 0.6) is 0 Å². The Morgan fingerprint density at radius 2 is 1.60 bits per heavy atom. The first-order valence-electron chi connectivity index (χ1n) is 10.5. The van der Waals surface area contributed by atoms with Crippen LogP contribution < -0.4 is 5.32 Å². The molecule has 4 fully saturated rings. The van der Waals surface area contributed by atoms with Crippen molar-refractivity contribution in [1.29, 1.82) is 0 Å². The lowest BCUT2D eigenvalue weighted by Gasteiger charge is -2.56. The lowest BCUT2D eigenvalue weighted by Crippen LogP contribution is -2.47. The van der Waals surface area contributed by atoms with Gasteiger partial charge in [0.1, 0.15) is 0 Å². The molecule has 4 aliphatic rings. The van der Waals surface area contributed by atoms with Gasteiger partial charge in [-0.1, -0.05) is 0 Å². The highest BCUT2D eigenvalue weighted by Gasteiger charge is 2.51. The number of carbonyl (C=O) groups is 1. The molecule has 4 aliphatic carbocycles. The third-order valence-corrected chi connectivity index (χ3v) is 7.13. The van der Waals surface area contributed by atoms with Gasteiger partial charge in [-0.2, -0.15) is 5.10 Å². The number of hydrogen-bond donors (Lipinski definition) is 1. The van der Waals surface area contributed by atoms with Gasteiger partial charge in [-0.3, -0.25) is 9.48 Å². The molecule has 160 valence electrons. The Kier molecular flexibility index (Phi) is 4.63. The summed E-state index contributed by atoms with van der Waals surface area (Å²) in [5.74, 6) is -3.42. The fraction of sp³-hybridized carbons (Fsp3) is 0.545. The summed E-state index contributed by atoms with van der Waals surface area (Å²) in [6.07, 6.45) is 9.13. The van der Waals surface area contributed by atoms with E-state index in [1.54, 1.807) is 0 Å². The fourth-order valence-corrected chi connectivity index (χ4v) is 6.47. The molecule has 1 aromatic carbocycles. The van der Waals surface area contributed by atoms with E-state index in [1.807, 2.05) is 0 Å². The van der Waals surface area contributed by atoms with Crippen LogP contribution >= 0.6 is 0 Å². The summed E-state index contributed by atoms with van der Waals surface area (Å²) in [5, 5.41) is 6.86. The van der Waals surface area contributed by atoms with E-state index in [9.17, 15) is 22.4 Å². The van der Waals surface area contributed by atoms with Crippen molar-refractivity contribution in [3.63, 3.8) is 0 Å². The summed E-state index contributed by atoms with van der Waals surface area (Å²) < 4.78 is 55.6. The number of carbonyl (C=O) groups excluding carboxylic acids is 1. The SMILES string of the molecule is O=C(CC12CC3CC(CC(C3)C1)C2)Nc1ccn(Cc2c(F)c(F)cc(F)c2F)n1. The number of amides is 1. The zero-order chi connectivity index (χ0) is 21.0. The second-order valence-electron chi connectivity index (χ2n) is 9.49. The molecule has 1 heterocycles. The maximum absolute atomic E-state index is 13.9. The van der Waals surface area contributed by atoms with Gasteiger partial charge in [-0.25, -0.2) is 17.6 Å². The van der Waals surface area contributed by atoms with Gasteiger partial charge < -0.3 is 5.32 Å². The van der Waals surface area contributed by atoms with E-state index in [0.29, 0.717) is 6.42 Å². The van der Waals surface area contributed by atoms with Crippen LogP contribution in [0.2, 0.25) is 0 Å². The first-order chi connectivity index (χ1) is 14.3. The smallest absolute Gasteiger partial charge is 0.226 e. The number of hydrogen-bond acceptors (Lipinski definition) is 2. The molecule has 1 aromatic heterocycles. The maximum atomic E-state index is 13.9. The lowest BCUT2D eigenvalue weighted by atomic mass is 9.49. The minimum atomic E-state index is -1.46. The number of nitrogens with zero attached hydrogens (tertiary/aromatic N) is 2. The Labute approximate surface area is 171 Å². The standard InChI is InChI=1S/C22H23F4N3O/c23-16-6-17(24)21(26)15(20(16)25)11-29-2-1-18(28-29)27-19(30)10-22-7-12-3-13(8-22)5-14(4-12)9-22/h1-2,6,12-14H,3-5,7-11H2,(H,27,28,30). The molecule has 0 radical (unpaired) electrons. The van der Waals surface area contributed by atoms with E-state index < -0.39 is 35.4 Å². The summed E-state index contributed by atoms with van der Waals surface area (Å²) in [5.41, 5.74) is -0.658. The molecule has 1 N–H and O–H groups in total. The highest BCUT2D eigenvalue weighted by atomic mass is 19.2. The van der Waals surface area contributed by atoms with Crippen molar-refractivity contribution >= 4 is 11.7 Å². The van der Waals surface area contributed by atoms with Crippen molar-refractivity contribution in [3.05, 3.63) is 47.2 Å². The zero-order valence-electron chi connectivity index (χ0n) is 16.4. The average Bonchev–Trinajstić information content (AvgIpc) is 3.08. The van der Waals surface area contributed by atoms with Gasteiger partial charge in [0, 0.05) is 24.8 Å². The number of halogens is 4. The fourth-order valence-electron chi connectivity index (χ4n) is 6.47. The Bertz CT molecular complexity index is 941. The number of aromatic nitrogens is 2. The van der Waals surface area contributed by atoms with Crippen LogP contribution in [0.3, 0.4) is 0 Å². The van der Waals surface area contributed by atoms with Crippen molar-refractivity contribution in [2.24, 2.45) is 23.2 Å². The molecule has 0 saturated heterocycles. The van der Waals surface area contributed by atoms with E-state index in [-0.39, 0.29) is 23.2 Å². The average molecular weight is 421 g/mol. The zero-order valence-corrected chi connectivity index (χ0v) is 16.4. The Hall–Kier alpha value is -2.38. The van der Waals surface area contributed by atoms with Crippen molar-refractivity contribution < 1.29 is 22.4 Å². The second-order valence-corrected chi connectivity index (χ2v) is 9.49. The molecule has 1 amide bonds. The summed E-state index contributed by atoms with van der Waals surface area (Å²) in [4.78, 5) is 12.7. The summed E-state index contributed by atoms with van der Waals surface area (Å²) in [6.45, 7) is -0.489. The van der Waals surface area contributed by atoms with Gasteiger partial charge in [0.2, 0.25) is 5.91 Å². The predicted molar refractivity (Wildman–Crippen MR) is 101 cm³/mol. The van der Waals surface area contributed by atoms with Gasteiger partial charge in [0.15, 0.2) is 29.1 Å². The van der Waals surface area contributed by atoms with E-state index >= 15 is 0 Å². The predicted octanol–water partition coefficient (Wildman–Crippen LogP) is 5.03. The number of anilines is 1. The molecule has 0 atom stereocenters. The van der Waals surface area contributed by atoms with Crippen LogP contribution in [0.15, 0.2) is 18.3 Å². The maximum Gasteiger partial charge on any atom is 0.226 e. The third kappa shape index (κ3) is 3.50. The Morgan fingerprint density at radius 1 is 1.03 bits per heavy atom. The minimum absolute atomic E-state index is 0.0900. The molecule has 4 bridgehead atoms.